The zero-order chi connectivity index (χ0) is 41.6. The van der Waals surface area contributed by atoms with Crippen LogP contribution >= 0.6 is 0 Å². The van der Waals surface area contributed by atoms with Crippen LogP contribution in [-0.2, 0) is 12.8 Å². The van der Waals surface area contributed by atoms with Gasteiger partial charge in [0.1, 0.15) is 51.1 Å². The largest absolute Gasteiger partial charge is 0.488 e. The Morgan fingerprint density at radius 1 is 0.536 bits per heavy atom. The van der Waals surface area contributed by atoms with Crippen LogP contribution in [0.1, 0.15) is 166 Å². The summed E-state index contributed by atoms with van der Waals surface area (Å²) in [6.07, 6.45) is 10.0. The van der Waals surface area contributed by atoms with Crippen LogP contribution in [0.4, 0.5) is 0 Å². The predicted molar refractivity (Wildman–Crippen MR) is 228 cm³/mol. The Balaban J connectivity index is 1.45. The maximum Gasteiger partial charge on any atom is 0.269 e. The van der Waals surface area contributed by atoms with Crippen molar-refractivity contribution in [3.8, 4) is 23.0 Å². The molecule has 0 unspecified atom stereocenters. The number of nitrogens with zero attached hydrogens (tertiary/aromatic N) is 1. The number of amides is 2. The molecule has 1 heterocycles. The standard InChI is InChI=1S/C47H71N3O6/c1-13-44(5,6)53-37-26-23-34(40(31-37)55-46(9,10)15-3)21-17-19-29-48-42(51)36-25-28-39(50-33-36)43(52)49-30-20-18-22-35-24-27-38(54-45(7,8)14-2)32-41(35)56-47(11,12)16-4/h23-28,31-33H,13-22,29-30H2,1-12H3,(H,48,51)(H,49,52). The smallest absolute Gasteiger partial charge is 0.269 e. The minimum Gasteiger partial charge on any atom is -0.488 e. The molecule has 2 N–H and O–H groups in total. The summed E-state index contributed by atoms with van der Waals surface area (Å²) < 4.78 is 25.4. The van der Waals surface area contributed by atoms with E-state index >= 15 is 0 Å². The van der Waals surface area contributed by atoms with Gasteiger partial charge in [0.05, 0.1) is 5.56 Å². The number of hydrogen-bond acceptors (Lipinski definition) is 7. The van der Waals surface area contributed by atoms with Gasteiger partial charge in [0, 0.05) is 31.4 Å². The minimum absolute atomic E-state index is 0.211. The molecule has 0 saturated heterocycles. The van der Waals surface area contributed by atoms with Gasteiger partial charge in [0.15, 0.2) is 0 Å². The van der Waals surface area contributed by atoms with Crippen LogP contribution in [0.15, 0.2) is 54.7 Å². The molecule has 2 aromatic carbocycles. The second-order valence-electron chi connectivity index (χ2n) is 17.3. The van der Waals surface area contributed by atoms with Gasteiger partial charge in [-0.15, -0.1) is 0 Å². The summed E-state index contributed by atoms with van der Waals surface area (Å²) in [6, 6.07) is 15.5. The van der Waals surface area contributed by atoms with Gasteiger partial charge in [-0.3, -0.25) is 14.6 Å². The van der Waals surface area contributed by atoms with E-state index in [0.29, 0.717) is 18.7 Å². The van der Waals surface area contributed by atoms with Crippen molar-refractivity contribution in [2.45, 2.75) is 170 Å². The fraction of sp³-hybridized carbons (Fsp3) is 0.596. The molecule has 2 amide bonds. The first-order chi connectivity index (χ1) is 26.3. The third-order valence-electron chi connectivity index (χ3n) is 10.6. The van der Waals surface area contributed by atoms with Gasteiger partial charge in [-0.1, -0.05) is 39.8 Å². The third kappa shape index (κ3) is 15.3. The Bertz CT molecular complexity index is 1570. The van der Waals surface area contributed by atoms with E-state index < -0.39 is 0 Å². The number of unbranched alkanes of at least 4 members (excludes halogenated alkanes) is 2. The fourth-order valence-electron chi connectivity index (χ4n) is 5.46. The summed E-state index contributed by atoms with van der Waals surface area (Å²) >= 11 is 0. The van der Waals surface area contributed by atoms with Crippen LogP contribution in [0.25, 0.3) is 0 Å². The summed E-state index contributed by atoms with van der Waals surface area (Å²) in [5.41, 5.74) is 1.83. The zero-order valence-electron chi connectivity index (χ0n) is 36.6. The van der Waals surface area contributed by atoms with Crippen molar-refractivity contribution in [3.05, 3.63) is 77.1 Å². The van der Waals surface area contributed by atoms with Crippen molar-refractivity contribution in [1.82, 2.24) is 15.6 Å². The topological polar surface area (TPSA) is 108 Å². The van der Waals surface area contributed by atoms with Crippen LogP contribution in [0, 0.1) is 0 Å². The van der Waals surface area contributed by atoms with E-state index in [2.05, 4.69) is 111 Å². The van der Waals surface area contributed by atoms with E-state index in [1.54, 1.807) is 12.1 Å². The van der Waals surface area contributed by atoms with Crippen molar-refractivity contribution in [2.24, 2.45) is 0 Å². The van der Waals surface area contributed by atoms with Gasteiger partial charge < -0.3 is 29.6 Å². The number of aryl methyl sites for hydroxylation is 2. The van der Waals surface area contributed by atoms with E-state index in [1.165, 1.54) is 6.20 Å². The van der Waals surface area contributed by atoms with Crippen molar-refractivity contribution in [3.63, 3.8) is 0 Å². The number of ether oxygens (including phenoxy) is 4. The maximum absolute atomic E-state index is 12.8. The molecule has 3 aromatic rings. The lowest BCUT2D eigenvalue weighted by Gasteiger charge is -2.29. The monoisotopic (exact) mass is 774 g/mol. The number of carbonyl (C=O) groups is 2. The summed E-state index contributed by atoms with van der Waals surface area (Å²) in [5.74, 6) is 2.83. The molecule has 3 rings (SSSR count). The highest BCUT2D eigenvalue weighted by Gasteiger charge is 2.23. The van der Waals surface area contributed by atoms with E-state index in [9.17, 15) is 9.59 Å². The molecule has 9 heteroatoms. The number of pyridine rings is 1. The van der Waals surface area contributed by atoms with E-state index in [1.807, 2.05) is 24.3 Å². The lowest BCUT2D eigenvalue weighted by atomic mass is 10.0. The molecule has 310 valence electrons. The Morgan fingerprint density at radius 2 is 0.946 bits per heavy atom. The van der Waals surface area contributed by atoms with E-state index in [4.69, 9.17) is 18.9 Å². The van der Waals surface area contributed by atoms with Crippen LogP contribution < -0.4 is 29.6 Å². The first kappa shape index (κ1) is 46.1. The summed E-state index contributed by atoms with van der Waals surface area (Å²) in [7, 11) is 0. The van der Waals surface area contributed by atoms with Gasteiger partial charge in [-0.25, -0.2) is 0 Å². The molecule has 0 spiro atoms. The van der Waals surface area contributed by atoms with Gasteiger partial charge in [0.25, 0.3) is 11.8 Å². The molecule has 0 aliphatic rings. The maximum atomic E-state index is 12.8. The normalized spacial score (nSPS) is 12.2. The van der Waals surface area contributed by atoms with Gasteiger partial charge in [-0.05, 0) is 155 Å². The number of rotatable bonds is 24. The molecule has 0 aliphatic heterocycles. The van der Waals surface area contributed by atoms with Gasteiger partial charge >= 0.3 is 0 Å². The first-order valence-corrected chi connectivity index (χ1v) is 20.9. The highest BCUT2D eigenvalue weighted by molar-refractivity contribution is 5.96. The zero-order valence-corrected chi connectivity index (χ0v) is 36.6. The molecular formula is C47H71N3O6. The molecule has 1 aromatic heterocycles. The summed E-state index contributed by atoms with van der Waals surface area (Å²) in [4.78, 5) is 30.0. The molecule has 56 heavy (non-hydrogen) atoms. The fourth-order valence-corrected chi connectivity index (χ4v) is 5.46. The SMILES string of the molecule is CCC(C)(C)Oc1ccc(CCCCNC(=O)c2ccc(C(=O)NCCCCc3ccc(OC(C)(C)CC)cc3OC(C)(C)CC)nc2)c(OC(C)(C)CC)c1. The Hall–Kier alpha value is -4.27. The number of nitrogens with one attached hydrogen (secondary N) is 2. The molecule has 0 atom stereocenters. The highest BCUT2D eigenvalue weighted by Crippen LogP contribution is 2.34. The van der Waals surface area contributed by atoms with Crippen LogP contribution in [0.2, 0.25) is 0 Å². The second kappa shape index (κ2) is 20.8. The average Bonchev–Trinajstić information content (AvgIpc) is 3.15. The lowest BCUT2D eigenvalue weighted by Crippen LogP contribution is -2.28. The van der Waals surface area contributed by atoms with Crippen LogP contribution in [-0.4, -0.2) is 52.3 Å². The quantitative estimate of drug-likeness (QED) is 0.0873. The van der Waals surface area contributed by atoms with Crippen molar-refractivity contribution < 1.29 is 28.5 Å². The number of hydrogen-bond donors (Lipinski definition) is 2. The Labute approximate surface area is 338 Å². The van der Waals surface area contributed by atoms with Crippen LogP contribution in [0.5, 0.6) is 23.0 Å². The van der Waals surface area contributed by atoms with Gasteiger partial charge in [0.2, 0.25) is 0 Å². The van der Waals surface area contributed by atoms with E-state index in [-0.39, 0.29) is 39.9 Å². The predicted octanol–water partition coefficient (Wildman–Crippen LogP) is 10.9. The highest BCUT2D eigenvalue weighted by atomic mass is 16.5. The third-order valence-corrected chi connectivity index (χ3v) is 10.6. The Kier molecular flexibility index (Phi) is 17.1. The molecule has 0 bridgehead atoms. The molecule has 0 aliphatic carbocycles. The summed E-state index contributed by atoms with van der Waals surface area (Å²) in [5, 5.41) is 5.95. The Morgan fingerprint density at radius 3 is 1.34 bits per heavy atom. The minimum atomic E-state index is -0.298. The van der Waals surface area contributed by atoms with Crippen molar-refractivity contribution >= 4 is 11.8 Å². The average molecular weight is 774 g/mol. The van der Waals surface area contributed by atoms with Gasteiger partial charge in [-0.2, -0.15) is 0 Å². The molecule has 9 nitrogen and oxygen atoms in total. The molecule has 0 radical (unpaired) electrons. The van der Waals surface area contributed by atoms with Crippen molar-refractivity contribution in [1.29, 1.82) is 0 Å². The molecule has 0 saturated carbocycles. The molecule has 0 fully saturated rings. The van der Waals surface area contributed by atoms with E-state index in [0.717, 1.165) is 98.3 Å². The lowest BCUT2D eigenvalue weighted by molar-refractivity contribution is 0.0935. The summed E-state index contributed by atoms with van der Waals surface area (Å²) in [6.45, 7) is 26.2. The second-order valence-corrected chi connectivity index (χ2v) is 17.3. The number of benzene rings is 2. The number of aromatic nitrogens is 1. The van der Waals surface area contributed by atoms with Crippen LogP contribution in [0.3, 0.4) is 0 Å². The molecular weight excluding hydrogens is 703 g/mol. The first-order valence-electron chi connectivity index (χ1n) is 20.9. The number of carbonyl (C=O) groups excluding carboxylic acids is 2. The van der Waals surface area contributed by atoms with Crippen molar-refractivity contribution in [2.75, 3.05) is 13.1 Å².